The molecule has 0 aliphatic rings. The third-order valence-corrected chi connectivity index (χ3v) is 1.74. The number of allylic oxidation sites excluding steroid dienone is 2. The molecule has 0 radical (unpaired) electrons. The maximum absolute atomic E-state index is 11.0. The van der Waals surface area contributed by atoms with Gasteiger partial charge in [-0.1, -0.05) is 12.2 Å². The lowest BCUT2D eigenvalue weighted by Crippen LogP contribution is -2.05. The Hall–Kier alpha value is -1.25. The zero-order valence-electron chi connectivity index (χ0n) is 8.64. The van der Waals surface area contributed by atoms with Crippen molar-refractivity contribution in [3.63, 3.8) is 0 Å². The molecule has 13 heavy (non-hydrogen) atoms. The van der Waals surface area contributed by atoms with Crippen molar-refractivity contribution in [3.05, 3.63) is 23.5 Å². The monoisotopic (exact) mass is 184 g/mol. The van der Waals surface area contributed by atoms with Gasteiger partial charge in [0.1, 0.15) is 5.76 Å². The molecule has 3 heteroatoms. The second-order valence-corrected chi connectivity index (χ2v) is 2.86. The van der Waals surface area contributed by atoms with Crippen molar-refractivity contribution in [2.24, 2.45) is 0 Å². The van der Waals surface area contributed by atoms with Crippen LogP contribution in [0.1, 0.15) is 20.3 Å². The molecular weight excluding hydrogens is 168 g/mol. The molecule has 0 N–H and O–H groups in total. The van der Waals surface area contributed by atoms with Crippen molar-refractivity contribution < 1.29 is 14.3 Å². The fraction of sp³-hybridized carbons (Fsp3) is 0.500. The van der Waals surface area contributed by atoms with E-state index in [0.717, 1.165) is 11.1 Å². The van der Waals surface area contributed by atoms with E-state index in [9.17, 15) is 4.79 Å². The first-order valence-corrected chi connectivity index (χ1v) is 3.99. The smallest absolute Gasteiger partial charge is 0.310 e. The lowest BCUT2D eigenvalue weighted by atomic mass is 10.1. The summed E-state index contributed by atoms with van der Waals surface area (Å²) in [6, 6.07) is 0. The van der Waals surface area contributed by atoms with Gasteiger partial charge in [-0.15, -0.1) is 0 Å². The van der Waals surface area contributed by atoms with Crippen LogP contribution in [0.4, 0.5) is 0 Å². The van der Waals surface area contributed by atoms with Gasteiger partial charge in [-0.05, 0) is 13.8 Å². The molecule has 0 amide bonds. The van der Waals surface area contributed by atoms with Crippen LogP contribution < -0.4 is 0 Å². The quantitative estimate of drug-likeness (QED) is 0.381. The SMILES string of the molecule is C=C(OC)C(CC(=O)OC)=C(C)C. The highest BCUT2D eigenvalue weighted by atomic mass is 16.5. The predicted molar refractivity (Wildman–Crippen MR) is 51.2 cm³/mol. The Labute approximate surface area is 79.0 Å². The lowest BCUT2D eigenvalue weighted by Gasteiger charge is -2.10. The van der Waals surface area contributed by atoms with Crippen LogP contribution in [-0.4, -0.2) is 20.2 Å². The van der Waals surface area contributed by atoms with Crippen molar-refractivity contribution in [2.75, 3.05) is 14.2 Å². The summed E-state index contributed by atoms with van der Waals surface area (Å²) in [5.41, 5.74) is 1.81. The van der Waals surface area contributed by atoms with E-state index in [-0.39, 0.29) is 12.4 Å². The maximum Gasteiger partial charge on any atom is 0.310 e. The van der Waals surface area contributed by atoms with Crippen LogP contribution >= 0.6 is 0 Å². The van der Waals surface area contributed by atoms with Crippen LogP contribution in [0, 0.1) is 0 Å². The molecule has 0 aromatic heterocycles. The summed E-state index contributed by atoms with van der Waals surface area (Å²) in [6.45, 7) is 7.50. The molecule has 0 saturated carbocycles. The molecule has 0 saturated heterocycles. The van der Waals surface area contributed by atoms with E-state index < -0.39 is 0 Å². The van der Waals surface area contributed by atoms with Gasteiger partial charge in [0.2, 0.25) is 0 Å². The zero-order chi connectivity index (χ0) is 10.4. The summed E-state index contributed by atoms with van der Waals surface area (Å²) in [5, 5.41) is 0. The highest BCUT2D eigenvalue weighted by Gasteiger charge is 2.10. The molecule has 0 heterocycles. The van der Waals surface area contributed by atoms with Gasteiger partial charge < -0.3 is 9.47 Å². The molecular formula is C10H16O3. The minimum absolute atomic E-state index is 0.214. The van der Waals surface area contributed by atoms with E-state index in [0.29, 0.717) is 5.76 Å². The number of hydrogen-bond donors (Lipinski definition) is 0. The zero-order valence-corrected chi connectivity index (χ0v) is 8.64. The third-order valence-electron chi connectivity index (χ3n) is 1.74. The Kier molecular flexibility index (Phi) is 4.89. The van der Waals surface area contributed by atoms with E-state index in [1.165, 1.54) is 14.2 Å². The highest BCUT2D eigenvalue weighted by molar-refractivity contribution is 5.73. The Balaban J connectivity index is 4.57. The predicted octanol–water partition coefficient (Wildman–Crippen LogP) is 2.05. The maximum atomic E-state index is 11.0. The highest BCUT2D eigenvalue weighted by Crippen LogP contribution is 2.17. The Morgan fingerprint density at radius 3 is 2.08 bits per heavy atom. The van der Waals surface area contributed by atoms with E-state index in [1.807, 2.05) is 13.8 Å². The van der Waals surface area contributed by atoms with Gasteiger partial charge in [-0.3, -0.25) is 4.79 Å². The van der Waals surface area contributed by atoms with Crippen LogP contribution in [0.3, 0.4) is 0 Å². The summed E-state index contributed by atoms with van der Waals surface area (Å²) < 4.78 is 9.51. The Morgan fingerprint density at radius 2 is 1.77 bits per heavy atom. The molecule has 0 spiro atoms. The number of esters is 1. The van der Waals surface area contributed by atoms with Gasteiger partial charge >= 0.3 is 5.97 Å². The number of hydrogen-bond acceptors (Lipinski definition) is 3. The molecule has 0 unspecified atom stereocenters. The van der Waals surface area contributed by atoms with Gasteiger partial charge in [0.25, 0.3) is 0 Å². The fourth-order valence-corrected chi connectivity index (χ4v) is 0.894. The second-order valence-electron chi connectivity index (χ2n) is 2.86. The van der Waals surface area contributed by atoms with Gasteiger partial charge in [0.05, 0.1) is 20.6 Å². The molecule has 0 aromatic carbocycles. The first kappa shape index (κ1) is 11.8. The number of carbonyl (C=O) groups is 1. The largest absolute Gasteiger partial charge is 0.497 e. The van der Waals surface area contributed by atoms with Crippen LogP contribution in [0.15, 0.2) is 23.5 Å². The van der Waals surface area contributed by atoms with Crippen LogP contribution in [0.25, 0.3) is 0 Å². The number of ether oxygens (including phenoxy) is 2. The first-order valence-electron chi connectivity index (χ1n) is 3.99. The van der Waals surface area contributed by atoms with Gasteiger partial charge in [0.15, 0.2) is 0 Å². The van der Waals surface area contributed by atoms with Gasteiger partial charge in [-0.25, -0.2) is 0 Å². The van der Waals surface area contributed by atoms with Crippen molar-refractivity contribution in [3.8, 4) is 0 Å². The van der Waals surface area contributed by atoms with Crippen molar-refractivity contribution in [1.29, 1.82) is 0 Å². The van der Waals surface area contributed by atoms with Crippen molar-refractivity contribution in [2.45, 2.75) is 20.3 Å². The summed E-state index contributed by atoms with van der Waals surface area (Å²) in [5.74, 6) is 0.236. The molecule has 0 bridgehead atoms. The molecule has 0 atom stereocenters. The summed E-state index contributed by atoms with van der Waals surface area (Å²) in [4.78, 5) is 11.0. The average Bonchev–Trinajstić information content (AvgIpc) is 2.11. The van der Waals surface area contributed by atoms with E-state index in [1.54, 1.807) is 0 Å². The molecule has 74 valence electrons. The molecule has 0 rings (SSSR count). The normalized spacial score (nSPS) is 8.92. The standard InChI is InChI=1S/C10H16O3/c1-7(2)9(8(3)12-4)6-10(11)13-5/h3,6H2,1-2,4-5H3. The first-order chi connectivity index (χ1) is 6.02. The van der Waals surface area contributed by atoms with E-state index in [2.05, 4.69) is 11.3 Å². The molecule has 0 aliphatic carbocycles. The van der Waals surface area contributed by atoms with Crippen LogP contribution in [0.5, 0.6) is 0 Å². The molecule has 0 aliphatic heterocycles. The van der Waals surface area contributed by atoms with Crippen LogP contribution in [0.2, 0.25) is 0 Å². The van der Waals surface area contributed by atoms with Crippen LogP contribution in [-0.2, 0) is 14.3 Å². The second kappa shape index (κ2) is 5.41. The lowest BCUT2D eigenvalue weighted by molar-refractivity contribution is -0.139. The minimum Gasteiger partial charge on any atom is -0.497 e. The number of rotatable bonds is 4. The average molecular weight is 184 g/mol. The summed E-state index contributed by atoms with van der Waals surface area (Å²) in [7, 11) is 2.89. The van der Waals surface area contributed by atoms with Crippen molar-refractivity contribution in [1.82, 2.24) is 0 Å². The third kappa shape index (κ3) is 3.78. The van der Waals surface area contributed by atoms with Crippen molar-refractivity contribution >= 4 is 5.97 Å². The number of methoxy groups -OCH3 is 2. The fourth-order valence-electron chi connectivity index (χ4n) is 0.894. The molecule has 0 fully saturated rings. The topological polar surface area (TPSA) is 35.5 Å². The van der Waals surface area contributed by atoms with E-state index >= 15 is 0 Å². The molecule has 3 nitrogen and oxygen atoms in total. The Morgan fingerprint density at radius 1 is 1.23 bits per heavy atom. The summed E-state index contributed by atoms with van der Waals surface area (Å²) in [6.07, 6.45) is 0.214. The van der Waals surface area contributed by atoms with E-state index in [4.69, 9.17) is 4.74 Å². The Bertz CT molecular complexity index is 235. The molecule has 0 aromatic rings. The van der Waals surface area contributed by atoms with Gasteiger partial charge in [0, 0.05) is 5.57 Å². The summed E-state index contributed by atoms with van der Waals surface area (Å²) >= 11 is 0. The van der Waals surface area contributed by atoms with Gasteiger partial charge in [-0.2, -0.15) is 0 Å². The minimum atomic E-state index is -0.283. The number of carbonyl (C=O) groups excluding carboxylic acids is 1.